The van der Waals surface area contributed by atoms with E-state index in [2.05, 4.69) is 20.7 Å². The number of methoxy groups -OCH3 is 1. The van der Waals surface area contributed by atoms with Crippen LogP contribution in [0.15, 0.2) is 18.2 Å². The molecular weight excluding hydrogens is 314 g/mol. The molecule has 0 bridgehead atoms. The Morgan fingerprint density at radius 2 is 2.11 bits per heavy atom. The number of alkyl halides is 1. The Hall–Kier alpha value is -1.69. The standard InChI is InChI=1S/C13H12BrNO4/c1-7-3-4-10-8(5-7)11(16)12(17)15(10)6-9(14)13(18)19-2/h3-5,9H,6H2,1-2H3. The molecule has 100 valence electrons. The lowest BCUT2D eigenvalue weighted by atomic mass is 10.1. The summed E-state index contributed by atoms with van der Waals surface area (Å²) in [4.78, 5) is 35.8. The second-order valence-corrected chi connectivity index (χ2v) is 5.36. The zero-order valence-corrected chi connectivity index (χ0v) is 12.1. The quantitative estimate of drug-likeness (QED) is 0.479. The average molecular weight is 326 g/mol. The zero-order chi connectivity index (χ0) is 14.2. The maximum absolute atomic E-state index is 11.9. The smallest absolute Gasteiger partial charge is 0.321 e. The van der Waals surface area contributed by atoms with Gasteiger partial charge in [-0.1, -0.05) is 27.6 Å². The lowest BCUT2D eigenvalue weighted by Crippen LogP contribution is -2.37. The number of anilines is 1. The highest BCUT2D eigenvalue weighted by Gasteiger charge is 2.37. The number of carbonyl (C=O) groups excluding carboxylic acids is 3. The first kappa shape index (κ1) is 13.7. The van der Waals surface area contributed by atoms with Crippen LogP contribution < -0.4 is 4.90 Å². The van der Waals surface area contributed by atoms with Crippen molar-refractivity contribution in [2.45, 2.75) is 11.8 Å². The molecule has 1 atom stereocenters. The predicted octanol–water partition coefficient (Wildman–Crippen LogP) is 1.46. The SMILES string of the molecule is COC(=O)C(Br)CN1C(=O)C(=O)c2cc(C)ccc21. The van der Waals surface area contributed by atoms with E-state index in [0.29, 0.717) is 11.3 Å². The summed E-state index contributed by atoms with van der Waals surface area (Å²) in [6.45, 7) is 1.91. The van der Waals surface area contributed by atoms with Crippen molar-refractivity contribution in [2.75, 3.05) is 18.6 Å². The van der Waals surface area contributed by atoms with E-state index in [0.717, 1.165) is 5.56 Å². The Bertz CT molecular complexity index is 570. The number of amides is 1. The zero-order valence-electron chi connectivity index (χ0n) is 10.5. The van der Waals surface area contributed by atoms with Crippen LogP contribution in [0.1, 0.15) is 15.9 Å². The number of ketones is 1. The summed E-state index contributed by atoms with van der Waals surface area (Å²) < 4.78 is 4.58. The number of hydrogen-bond acceptors (Lipinski definition) is 4. The summed E-state index contributed by atoms with van der Waals surface area (Å²) in [5.41, 5.74) is 1.83. The first-order chi connectivity index (χ1) is 8.95. The molecule has 5 nitrogen and oxygen atoms in total. The minimum absolute atomic E-state index is 0.0628. The minimum atomic E-state index is -0.665. The lowest BCUT2D eigenvalue weighted by Gasteiger charge is -2.18. The normalized spacial score (nSPS) is 15.4. The van der Waals surface area contributed by atoms with Crippen LogP contribution in [0.25, 0.3) is 0 Å². The third kappa shape index (κ3) is 2.40. The highest BCUT2D eigenvalue weighted by Crippen LogP contribution is 2.30. The van der Waals surface area contributed by atoms with Crippen LogP contribution in [0.3, 0.4) is 0 Å². The van der Waals surface area contributed by atoms with Crippen LogP contribution in [-0.4, -0.2) is 36.1 Å². The van der Waals surface area contributed by atoms with E-state index in [4.69, 9.17) is 0 Å². The van der Waals surface area contributed by atoms with Crippen LogP contribution >= 0.6 is 15.9 Å². The number of esters is 1. The summed E-state index contributed by atoms with van der Waals surface area (Å²) in [7, 11) is 1.27. The number of halogens is 1. The molecule has 0 aromatic heterocycles. The van der Waals surface area contributed by atoms with Gasteiger partial charge in [-0.05, 0) is 19.1 Å². The second-order valence-electron chi connectivity index (χ2n) is 4.26. The van der Waals surface area contributed by atoms with E-state index in [1.165, 1.54) is 12.0 Å². The first-order valence-electron chi connectivity index (χ1n) is 5.64. The van der Waals surface area contributed by atoms with Crippen LogP contribution in [0.2, 0.25) is 0 Å². The van der Waals surface area contributed by atoms with Crippen molar-refractivity contribution in [2.24, 2.45) is 0 Å². The molecule has 6 heteroatoms. The summed E-state index contributed by atoms with van der Waals surface area (Å²) in [6, 6.07) is 5.21. The molecule has 0 radical (unpaired) electrons. The number of aryl methyl sites for hydroxylation is 1. The van der Waals surface area contributed by atoms with Gasteiger partial charge in [0.1, 0.15) is 4.83 Å². The highest BCUT2D eigenvalue weighted by atomic mass is 79.9. The van der Waals surface area contributed by atoms with Gasteiger partial charge in [0.05, 0.1) is 18.4 Å². The molecule has 1 aliphatic heterocycles. The van der Waals surface area contributed by atoms with Crippen LogP contribution in [-0.2, 0) is 14.3 Å². The van der Waals surface area contributed by atoms with E-state index in [9.17, 15) is 14.4 Å². The van der Waals surface area contributed by atoms with Crippen molar-refractivity contribution in [3.8, 4) is 0 Å². The summed E-state index contributed by atoms with van der Waals surface area (Å²) in [5.74, 6) is -1.64. The Balaban J connectivity index is 2.31. The molecule has 19 heavy (non-hydrogen) atoms. The Morgan fingerprint density at radius 1 is 1.42 bits per heavy atom. The van der Waals surface area contributed by atoms with Gasteiger partial charge in [0.2, 0.25) is 0 Å². The molecule has 0 spiro atoms. The molecule has 2 rings (SSSR count). The van der Waals surface area contributed by atoms with E-state index in [-0.39, 0.29) is 6.54 Å². The molecule has 1 aliphatic rings. The van der Waals surface area contributed by atoms with Gasteiger partial charge < -0.3 is 9.64 Å². The molecule has 1 amide bonds. The molecule has 1 aromatic carbocycles. The monoisotopic (exact) mass is 325 g/mol. The summed E-state index contributed by atoms with van der Waals surface area (Å²) >= 11 is 3.15. The maximum atomic E-state index is 11.9. The molecule has 0 fully saturated rings. The number of ether oxygens (including phenoxy) is 1. The van der Waals surface area contributed by atoms with Crippen molar-refractivity contribution >= 4 is 39.3 Å². The number of fused-ring (bicyclic) bond motifs is 1. The third-order valence-electron chi connectivity index (χ3n) is 2.93. The van der Waals surface area contributed by atoms with Crippen molar-refractivity contribution in [3.05, 3.63) is 29.3 Å². The topological polar surface area (TPSA) is 63.7 Å². The highest BCUT2D eigenvalue weighted by molar-refractivity contribution is 9.10. The van der Waals surface area contributed by atoms with Crippen molar-refractivity contribution in [3.63, 3.8) is 0 Å². The number of Topliss-reactive ketones (excluding diaryl/α,β-unsaturated/α-hetero) is 1. The van der Waals surface area contributed by atoms with E-state index >= 15 is 0 Å². The van der Waals surface area contributed by atoms with Gasteiger partial charge in [0.15, 0.2) is 0 Å². The largest absolute Gasteiger partial charge is 0.468 e. The number of rotatable bonds is 3. The van der Waals surface area contributed by atoms with Crippen LogP contribution in [0.5, 0.6) is 0 Å². The number of nitrogens with zero attached hydrogens (tertiary/aromatic N) is 1. The Kier molecular flexibility index (Phi) is 3.71. The molecule has 0 saturated heterocycles. The number of benzene rings is 1. The fraction of sp³-hybridized carbons (Fsp3) is 0.308. The van der Waals surface area contributed by atoms with Crippen molar-refractivity contribution < 1.29 is 19.1 Å². The number of carbonyl (C=O) groups is 3. The van der Waals surface area contributed by atoms with Gasteiger partial charge in [-0.2, -0.15) is 0 Å². The van der Waals surface area contributed by atoms with Gasteiger partial charge in [-0.15, -0.1) is 0 Å². The molecule has 1 heterocycles. The fourth-order valence-electron chi connectivity index (χ4n) is 1.96. The van der Waals surface area contributed by atoms with E-state index < -0.39 is 22.5 Å². The van der Waals surface area contributed by atoms with Gasteiger partial charge in [0, 0.05) is 6.54 Å². The third-order valence-corrected chi connectivity index (χ3v) is 3.59. The van der Waals surface area contributed by atoms with Crippen molar-refractivity contribution in [1.82, 2.24) is 0 Å². The molecule has 1 aromatic rings. The number of hydrogen-bond donors (Lipinski definition) is 0. The molecule has 0 saturated carbocycles. The van der Waals surface area contributed by atoms with Crippen LogP contribution in [0.4, 0.5) is 5.69 Å². The van der Waals surface area contributed by atoms with Gasteiger partial charge >= 0.3 is 5.97 Å². The van der Waals surface area contributed by atoms with E-state index in [1.807, 2.05) is 13.0 Å². The molecule has 0 aliphatic carbocycles. The fourth-order valence-corrected chi connectivity index (χ4v) is 2.43. The lowest BCUT2D eigenvalue weighted by molar-refractivity contribution is -0.139. The summed E-state index contributed by atoms with van der Waals surface area (Å²) in [5, 5.41) is 0. The van der Waals surface area contributed by atoms with Gasteiger partial charge in [0.25, 0.3) is 11.7 Å². The van der Waals surface area contributed by atoms with Crippen molar-refractivity contribution in [1.29, 1.82) is 0 Å². The molecule has 0 N–H and O–H groups in total. The van der Waals surface area contributed by atoms with Crippen LogP contribution in [0, 0.1) is 6.92 Å². The van der Waals surface area contributed by atoms with Gasteiger partial charge in [-0.3, -0.25) is 14.4 Å². The second kappa shape index (κ2) is 5.13. The molecule has 1 unspecified atom stereocenters. The van der Waals surface area contributed by atoms with Gasteiger partial charge in [-0.25, -0.2) is 0 Å². The predicted molar refractivity (Wildman–Crippen MR) is 72.6 cm³/mol. The molecular formula is C13H12BrNO4. The average Bonchev–Trinajstić information content (AvgIpc) is 2.62. The van der Waals surface area contributed by atoms with E-state index in [1.54, 1.807) is 12.1 Å². The Labute approximate surface area is 118 Å². The maximum Gasteiger partial charge on any atom is 0.321 e. The summed E-state index contributed by atoms with van der Waals surface area (Å²) in [6.07, 6.45) is 0. The Morgan fingerprint density at radius 3 is 2.74 bits per heavy atom. The first-order valence-corrected chi connectivity index (χ1v) is 6.56. The minimum Gasteiger partial charge on any atom is -0.468 e.